The number of rotatable bonds is 3. The number of alkyl halides is 6. The van der Waals surface area contributed by atoms with Crippen molar-refractivity contribution < 1.29 is 26.3 Å². The van der Waals surface area contributed by atoms with Gasteiger partial charge < -0.3 is 4.90 Å². The van der Waals surface area contributed by atoms with E-state index in [1.165, 1.54) is 27.8 Å². The van der Waals surface area contributed by atoms with Crippen molar-refractivity contribution in [3.63, 3.8) is 0 Å². The van der Waals surface area contributed by atoms with Crippen molar-refractivity contribution in [1.29, 1.82) is 0 Å². The lowest BCUT2D eigenvalue weighted by Crippen LogP contribution is -2.59. The fourth-order valence-corrected chi connectivity index (χ4v) is 4.02. The van der Waals surface area contributed by atoms with E-state index in [-0.39, 0.29) is 23.6 Å². The second-order valence-electron chi connectivity index (χ2n) is 7.92. The van der Waals surface area contributed by atoms with Gasteiger partial charge in [0.2, 0.25) is 0 Å². The lowest BCUT2D eigenvalue weighted by atomic mass is 10.1. The highest BCUT2D eigenvalue weighted by Crippen LogP contribution is 2.31. The van der Waals surface area contributed by atoms with E-state index in [9.17, 15) is 26.3 Å². The van der Waals surface area contributed by atoms with Crippen LogP contribution in [0.5, 0.6) is 0 Å². The summed E-state index contributed by atoms with van der Waals surface area (Å²) in [5.41, 5.74) is -0.237. The summed E-state index contributed by atoms with van der Waals surface area (Å²) in [4.78, 5) is 16.0. The molecule has 0 amide bonds. The van der Waals surface area contributed by atoms with Crippen molar-refractivity contribution in [2.75, 3.05) is 24.5 Å². The minimum atomic E-state index is -4.51. The van der Waals surface area contributed by atoms with E-state index in [1.807, 2.05) is 4.90 Å². The van der Waals surface area contributed by atoms with Gasteiger partial charge in [-0.1, -0.05) is 0 Å². The molecule has 0 aliphatic carbocycles. The summed E-state index contributed by atoms with van der Waals surface area (Å²) in [6, 6.07) is 3.10. The van der Waals surface area contributed by atoms with Gasteiger partial charge in [0.05, 0.1) is 18.3 Å². The summed E-state index contributed by atoms with van der Waals surface area (Å²) in [5.74, 6) is 0.662. The van der Waals surface area contributed by atoms with Crippen molar-refractivity contribution in [2.24, 2.45) is 0 Å². The van der Waals surface area contributed by atoms with Gasteiger partial charge in [0.15, 0.2) is 5.82 Å². The average molecular weight is 458 g/mol. The van der Waals surface area contributed by atoms with E-state index in [0.717, 1.165) is 12.3 Å². The molecule has 1 aliphatic rings. The molecule has 4 rings (SSSR count). The van der Waals surface area contributed by atoms with Gasteiger partial charge in [-0.15, -0.1) is 0 Å². The molecule has 1 fully saturated rings. The van der Waals surface area contributed by atoms with Gasteiger partial charge in [-0.3, -0.25) is 9.30 Å². The van der Waals surface area contributed by atoms with Crippen LogP contribution in [0.15, 0.2) is 36.8 Å². The molecule has 32 heavy (non-hydrogen) atoms. The van der Waals surface area contributed by atoms with Gasteiger partial charge in [-0.25, -0.2) is 15.0 Å². The van der Waals surface area contributed by atoms with Crippen molar-refractivity contribution in [1.82, 2.24) is 24.3 Å². The van der Waals surface area contributed by atoms with Crippen molar-refractivity contribution in [2.45, 2.75) is 38.3 Å². The van der Waals surface area contributed by atoms with E-state index in [2.05, 4.69) is 15.0 Å². The Morgan fingerprint density at radius 3 is 2.28 bits per heavy atom. The predicted octanol–water partition coefficient (Wildman–Crippen LogP) is 4.27. The Hall–Kier alpha value is -2.89. The van der Waals surface area contributed by atoms with E-state index >= 15 is 0 Å². The predicted molar refractivity (Wildman–Crippen MR) is 105 cm³/mol. The highest BCUT2D eigenvalue weighted by atomic mass is 19.4. The van der Waals surface area contributed by atoms with E-state index in [0.29, 0.717) is 24.6 Å². The summed E-state index contributed by atoms with van der Waals surface area (Å²) in [5, 5.41) is 0. The minimum absolute atomic E-state index is 0.173. The fraction of sp³-hybridized carbons (Fsp3) is 0.450. The largest absolute Gasteiger partial charge is 0.417 e. The summed E-state index contributed by atoms with van der Waals surface area (Å²) in [7, 11) is 0. The Balaban J connectivity index is 1.63. The summed E-state index contributed by atoms with van der Waals surface area (Å²) >= 11 is 0. The quantitative estimate of drug-likeness (QED) is 0.549. The molecule has 0 bridgehead atoms. The van der Waals surface area contributed by atoms with Gasteiger partial charge in [0.25, 0.3) is 0 Å². The number of imidazole rings is 1. The maximum atomic E-state index is 13.1. The second-order valence-corrected chi connectivity index (χ2v) is 7.92. The van der Waals surface area contributed by atoms with Crippen LogP contribution < -0.4 is 4.90 Å². The van der Waals surface area contributed by atoms with Crippen LogP contribution >= 0.6 is 0 Å². The molecule has 3 aromatic rings. The Bertz CT molecular complexity index is 1100. The van der Waals surface area contributed by atoms with Crippen molar-refractivity contribution in [3.05, 3.63) is 42.4 Å². The van der Waals surface area contributed by atoms with E-state index in [1.54, 1.807) is 19.9 Å². The molecule has 2 atom stereocenters. The molecule has 172 valence electrons. The molecule has 0 unspecified atom stereocenters. The molecule has 0 N–H and O–H groups in total. The molecular weight excluding hydrogens is 438 g/mol. The molecule has 6 nitrogen and oxygen atoms in total. The van der Waals surface area contributed by atoms with Crippen LogP contribution in [-0.2, 0) is 6.18 Å². The zero-order valence-corrected chi connectivity index (χ0v) is 17.2. The van der Waals surface area contributed by atoms with Gasteiger partial charge in [-0.05, 0) is 32.0 Å². The highest BCUT2D eigenvalue weighted by molar-refractivity contribution is 5.59. The van der Waals surface area contributed by atoms with Crippen molar-refractivity contribution in [3.8, 4) is 11.5 Å². The summed E-state index contributed by atoms with van der Waals surface area (Å²) < 4.78 is 79.3. The zero-order valence-electron chi connectivity index (χ0n) is 17.2. The van der Waals surface area contributed by atoms with Crippen LogP contribution in [0.2, 0.25) is 0 Å². The molecule has 0 saturated carbocycles. The van der Waals surface area contributed by atoms with Crippen LogP contribution in [0.25, 0.3) is 17.2 Å². The Labute approximate surface area is 179 Å². The number of hydrogen-bond acceptors (Lipinski definition) is 5. The Morgan fingerprint density at radius 2 is 1.66 bits per heavy atom. The van der Waals surface area contributed by atoms with E-state index < -0.39 is 24.5 Å². The third kappa shape index (κ3) is 4.50. The van der Waals surface area contributed by atoms with Gasteiger partial charge >= 0.3 is 12.4 Å². The van der Waals surface area contributed by atoms with Gasteiger partial charge in [-0.2, -0.15) is 26.3 Å². The number of hydrogen-bond donors (Lipinski definition) is 0. The molecular formula is C20H20F6N6. The maximum Gasteiger partial charge on any atom is 0.417 e. The number of fused-ring (bicyclic) bond motifs is 1. The first kappa shape index (κ1) is 22.3. The standard InChI is InChI=1S/C20H20F6N6/c1-12-8-30(9-13(2)32(12)11-19(21,22)23)17-5-6-27-18(29-17)15-7-28-16-4-3-14(10-31(15)16)20(24,25)26/h3-7,10,12-13H,8-9,11H2,1-2H3/t12-,13+. The Kier molecular flexibility index (Phi) is 5.51. The van der Waals surface area contributed by atoms with Gasteiger partial charge in [0, 0.05) is 37.6 Å². The smallest absolute Gasteiger partial charge is 0.353 e. The third-order valence-electron chi connectivity index (χ3n) is 5.49. The number of piperazine rings is 1. The number of halogens is 6. The first-order chi connectivity index (χ1) is 14.9. The zero-order chi connectivity index (χ0) is 23.3. The molecule has 0 aromatic carbocycles. The van der Waals surface area contributed by atoms with Crippen LogP contribution in [0.4, 0.5) is 32.2 Å². The number of pyridine rings is 1. The Morgan fingerprint density at radius 1 is 0.969 bits per heavy atom. The molecule has 4 heterocycles. The summed E-state index contributed by atoms with van der Waals surface area (Å²) in [6.07, 6.45) is -5.00. The SMILES string of the molecule is C[C@@H]1CN(c2ccnc(-c3cnc4ccc(C(F)(F)F)cn34)n2)C[C@H](C)N1CC(F)(F)F. The van der Waals surface area contributed by atoms with Crippen LogP contribution in [-0.4, -0.2) is 62.1 Å². The second kappa shape index (κ2) is 7.91. The third-order valence-corrected chi connectivity index (χ3v) is 5.49. The fourth-order valence-electron chi connectivity index (χ4n) is 4.02. The van der Waals surface area contributed by atoms with Crippen molar-refractivity contribution >= 4 is 11.5 Å². The van der Waals surface area contributed by atoms with Crippen LogP contribution in [0, 0.1) is 0 Å². The van der Waals surface area contributed by atoms with Crippen LogP contribution in [0.1, 0.15) is 19.4 Å². The molecule has 1 saturated heterocycles. The maximum absolute atomic E-state index is 13.1. The monoisotopic (exact) mass is 458 g/mol. The molecule has 12 heteroatoms. The first-order valence-electron chi connectivity index (χ1n) is 9.87. The minimum Gasteiger partial charge on any atom is -0.353 e. The lowest BCUT2D eigenvalue weighted by molar-refractivity contribution is -0.156. The lowest BCUT2D eigenvalue weighted by Gasteiger charge is -2.45. The van der Waals surface area contributed by atoms with Gasteiger partial charge in [0.1, 0.15) is 17.2 Å². The first-order valence-corrected chi connectivity index (χ1v) is 9.87. The average Bonchev–Trinajstić information content (AvgIpc) is 3.12. The highest BCUT2D eigenvalue weighted by Gasteiger charge is 2.38. The number of aromatic nitrogens is 4. The number of anilines is 1. The van der Waals surface area contributed by atoms with E-state index in [4.69, 9.17) is 0 Å². The van der Waals surface area contributed by atoms with Crippen LogP contribution in [0.3, 0.4) is 0 Å². The molecule has 1 aliphatic heterocycles. The normalized spacial score (nSPS) is 20.8. The summed E-state index contributed by atoms with van der Waals surface area (Å²) in [6.45, 7) is 3.10. The molecule has 3 aromatic heterocycles. The topological polar surface area (TPSA) is 49.6 Å². The molecule has 0 radical (unpaired) electrons. The molecule has 0 spiro atoms. The number of nitrogens with zero attached hydrogens (tertiary/aromatic N) is 6.